The molecule has 0 saturated carbocycles. The first kappa shape index (κ1) is 14.0. The Bertz CT molecular complexity index is 476. The van der Waals surface area contributed by atoms with E-state index in [1.54, 1.807) is 5.32 Å². The molecule has 1 heterocycles. The van der Waals surface area contributed by atoms with E-state index >= 15 is 0 Å². The summed E-state index contributed by atoms with van der Waals surface area (Å²) < 4.78 is 60.4. The van der Waals surface area contributed by atoms with Gasteiger partial charge in [0.1, 0.15) is 0 Å². The summed E-state index contributed by atoms with van der Waals surface area (Å²) in [5, 5.41) is 1.78. The lowest BCUT2D eigenvalue weighted by Crippen LogP contribution is -2.42. The van der Waals surface area contributed by atoms with Gasteiger partial charge in [-0.1, -0.05) is 0 Å². The zero-order valence-electron chi connectivity index (χ0n) is 7.86. The Labute approximate surface area is 101 Å². The number of hydrogen-bond acceptors (Lipinski definition) is 4. The van der Waals surface area contributed by atoms with Gasteiger partial charge in [0.15, 0.2) is 4.77 Å². The normalized spacial score (nSPS) is 12.5. The van der Waals surface area contributed by atoms with Gasteiger partial charge in [-0.25, -0.2) is 0 Å². The molecule has 0 fully saturated rings. The molecule has 0 aliphatic heterocycles. The van der Waals surface area contributed by atoms with E-state index in [2.05, 4.69) is 39.4 Å². The molecule has 11 heteroatoms. The smallest absolute Gasteiger partial charge is 0.349 e. The van der Waals surface area contributed by atoms with Gasteiger partial charge in [-0.05, 0) is 24.4 Å². The van der Waals surface area contributed by atoms with Crippen LogP contribution in [-0.4, -0.2) is 33.6 Å². The second-order valence-electron chi connectivity index (χ2n) is 2.90. The third-order valence-corrected chi connectivity index (χ3v) is 1.96. The van der Waals surface area contributed by atoms with Crippen molar-refractivity contribution in [2.75, 3.05) is 11.9 Å². The lowest BCUT2D eigenvalue weighted by molar-refractivity contribution is -0.275. The number of nitrogens with zero attached hydrogens (tertiary/aromatic N) is 1. The predicted molar refractivity (Wildman–Crippen MR) is 54.1 cm³/mol. The Morgan fingerprint density at radius 1 is 1.12 bits per heavy atom. The van der Waals surface area contributed by atoms with E-state index in [1.165, 1.54) is 0 Å². The predicted octanol–water partition coefficient (Wildman–Crippen LogP) is 2.81. The van der Waals surface area contributed by atoms with Crippen molar-refractivity contribution in [1.82, 2.24) is 15.0 Å². The summed E-state index contributed by atoms with van der Waals surface area (Å²) in [5.41, 5.74) is 0. The molecule has 0 aliphatic rings. The summed E-state index contributed by atoms with van der Waals surface area (Å²) >= 11 is 9.17. The van der Waals surface area contributed by atoms with E-state index < -0.39 is 18.6 Å². The second-order valence-corrected chi connectivity index (χ2v) is 3.70. The van der Waals surface area contributed by atoms with Crippen molar-refractivity contribution in [3.63, 3.8) is 0 Å². The molecule has 1 aromatic heterocycles. The first-order chi connectivity index (χ1) is 7.62. The van der Waals surface area contributed by atoms with E-state index in [9.17, 15) is 22.0 Å². The number of alkyl halides is 5. The number of aromatic nitrogens is 3. The van der Waals surface area contributed by atoms with Crippen molar-refractivity contribution < 1.29 is 22.0 Å². The fourth-order valence-electron chi connectivity index (χ4n) is 0.772. The van der Waals surface area contributed by atoms with Crippen molar-refractivity contribution in [1.29, 1.82) is 0 Å². The minimum absolute atomic E-state index is 0.0391. The van der Waals surface area contributed by atoms with E-state index in [0.29, 0.717) is 0 Å². The first-order valence-corrected chi connectivity index (χ1v) is 4.82. The first-order valence-electron chi connectivity index (χ1n) is 4.01. The van der Waals surface area contributed by atoms with Crippen molar-refractivity contribution in [3.8, 4) is 0 Å². The molecule has 0 amide bonds. The van der Waals surface area contributed by atoms with Crippen molar-refractivity contribution in [2.24, 2.45) is 0 Å². The zero-order valence-corrected chi connectivity index (χ0v) is 9.49. The fourth-order valence-corrected chi connectivity index (χ4v) is 1.22. The number of nitrogens with one attached hydrogen (secondary N) is 3. The van der Waals surface area contributed by atoms with E-state index in [0.717, 1.165) is 0 Å². The number of H-pyrrole nitrogens is 2. The van der Waals surface area contributed by atoms with Crippen LogP contribution in [0.2, 0.25) is 0 Å². The van der Waals surface area contributed by atoms with Gasteiger partial charge in [-0.15, -0.1) is 0 Å². The number of rotatable bonds is 3. The quantitative estimate of drug-likeness (QED) is 0.592. The highest BCUT2D eigenvalue weighted by atomic mass is 32.1. The lowest BCUT2D eigenvalue weighted by Gasteiger charge is -2.19. The van der Waals surface area contributed by atoms with E-state index in [4.69, 9.17) is 0 Å². The Morgan fingerprint density at radius 3 is 2.18 bits per heavy atom. The summed E-state index contributed by atoms with van der Waals surface area (Å²) in [6.07, 6.45) is -5.63. The maximum atomic E-state index is 12.5. The van der Waals surface area contributed by atoms with Crippen LogP contribution in [0.5, 0.6) is 0 Å². The maximum absolute atomic E-state index is 12.5. The van der Waals surface area contributed by atoms with Crippen molar-refractivity contribution >= 4 is 30.4 Å². The Morgan fingerprint density at radius 2 is 1.71 bits per heavy atom. The van der Waals surface area contributed by atoms with Gasteiger partial charge in [-0.2, -0.15) is 26.9 Å². The standard InChI is InChI=1S/C6H5F5N4S2/c7-5(8,6(9,10)11)1-12-2-13-3(16)15-4(17)14-2/h1H2,(H3,12,13,14,15,16,17). The molecule has 0 unspecified atom stereocenters. The molecule has 4 nitrogen and oxygen atoms in total. The second kappa shape index (κ2) is 4.64. The number of hydrogen-bond donors (Lipinski definition) is 3. The van der Waals surface area contributed by atoms with Crippen LogP contribution in [0, 0.1) is 9.54 Å². The highest BCUT2D eigenvalue weighted by Gasteiger charge is 2.57. The third kappa shape index (κ3) is 3.70. The number of aromatic amines is 2. The maximum Gasteiger partial charge on any atom is 0.455 e. The van der Waals surface area contributed by atoms with Gasteiger partial charge >= 0.3 is 12.1 Å². The molecule has 1 rings (SSSR count). The van der Waals surface area contributed by atoms with Crippen LogP contribution >= 0.6 is 24.4 Å². The summed E-state index contributed by atoms with van der Waals surface area (Å²) in [6, 6.07) is 0. The summed E-state index contributed by atoms with van der Waals surface area (Å²) in [4.78, 5) is 8.04. The van der Waals surface area contributed by atoms with Crippen LogP contribution in [0.1, 0.15) is 0 Å². The van der Waals surface area contributed by atoms with Crippen LogP contribution in [0.15, 0.2) is 0 Å². The Kier molecular flexibility index (Phi) is 3.81. The summed E-state index contributed by atoms with van der Waals surface area (Å²) in [6.45, 7) is -1.66. The topological polar surface area (TPSA) is 56.5 Å². The molecule has 0 aliphatic carbocycles. The van der Waals surface area contributed by atoms with Gasteiger partial charge in [0.2, 0.25) is 10.7 Å². The highest BCUT2D eigenvalue weighted by molar-refractivity contribution is 7.71. The highest BCUT2D eigenvalue weighted by Crippen LogP contribution is 2.35. The fraction of sp³-hybridized carbons (Fsp3) is 0.500. The van der Waals surface area contributed by atoms with Crippen molar-refractivity contribution in [2.45, 2.75) is 12.1 Å². The molecule has 3 N–H and O–H groups in total. The van der Waals surface area contributed by atoms with E-state index in [-0.39, 0.29) is 15.5 Å². The molecule has 0 spiro atoms. The van der Waals surface area contributed by atoms with Crippen LogP contribution in [0.4, 0.5) is 27.9 Å². The molecular weight excluding hydrogens is 287 g/mol. The van der Waals surface area contributed by atoms with Crippen molar-refractivity contribution in [3.05, 3.63) is 9.54 Å². The van der Waals surface area contributed by atoms with Crippen LogP contribution in [0.3, 0.4) is 0 Å². The molecule has 96 valence electrons. The van der Waals surface area contributed by atoms with Crippen LogP contribution in [-0.2, 0) is 0 Å². The number of halogens is 5. The average Bonchev–Trinajstić information content (AvgIpc) is 2.11. The summed E-state index contributed by atoms with van der Waals surface area (Å²) in [7, 11) is 0. The minimum atomic E-state index is -5.63. The molecule has 0 aromatic carbocycles. The van der Waals surface area contributed by atoms with Gasteiger partial charge < -0.3 is 15.3 Å². The summed E-state index contributed by atoms with van der Waals surface area (Å²) in [5.74, 6) is -5.23. The van der Waals surface area contributed by atoms with Gasteiger partial charge in [0, 0.05) is 0 Å². The van der Waals surface area contributed by atoms with Gasteiger partial charge in [0.05, 0.1) is 6.54 Å². The molecule has 0 saturated heterocycles. The zero-order chi connectivity index (χ0) is 13.3. The van der Waals surface area contributed by atoms with Gasteiger partial charge in [-0.3, -0.25) is 0 Å². The largest absolute Gasteiger partial charge is 0.455 e. The monoisotopic (exact) mass is 292 g/mol. The molecule has 0 bridgehead atoms. The molecular formula is C6H5F5N4S2. The average molecular weight is 292 g/mol. The molecule has 0 radical (unpaired) electrons. The lowest BCUT2D eigenvalue weighted by atomic mass is 10.3. The van der Waals surface area contributed by atoms with Gasteiger partial charge in [0.25, 0.3) is 0 Å². The van der Waals surface area contributed by atoms with E-state index in [1.807, 2.05) is 0 Å². The van der Waals surface area contributed by atoms with Crippen LogP contribution in [0.25, 0.3) is 0 Å². The third-order valence-electron chi connectivity index (χ3n) is 1.56. The Hall–Kier alpha value is -1.10. The SMILES string of the molecule is FC(F)(F)C(F)(F)CNc1nc(=S)[nH]c(=S)[nH]1. The Balaban J connectivity index is 2.81. The minimum Gasteiger partial charge on any atom is -0.349 e. The molecule has 0 atom stereocenters. The van der Waals surface area contributed by atoms with Crippen LogP contribution < -0.4 is 5.32 Å². The molecule has 17 heavy (non-hydrogen) atoms. The molecule has 1 aromatic rings. The number of anilines is 1.